The van der Waals surface area contributed by atoms with Crippen molar-refractivity contribution in [1.29, 1.82) is 0 Å². The van der Waals surface area contributed by atoms with Crippen molar-refractivity contribution in [3.63, 3.8) is 0 Å². The van der Waals surface area contributed by atoms with E-state index < -0.39 is 0 Å². The number of allylic oxidation sites excluding steroid dienone is 1. The van der Waals surface area contributed by atoms with Gasteiger partial charge in [-0.15, -0.1) is 0 Å². The Morgan fingerprint density at radius 3 is 2.44 bits per heavy atom. The van der Waals surface area contributed by atoms with Crippen molar-refractivity contribution in [1.82, 2.24) is 4.90 Å². The van der Waals surface area contributed by atoms with E-state index in [1.807, 2.05) is 45.3 Å². The predicted octanol–water partition coefficient (Wildman–Crippen LogP) is 4.50. The normalized spacial score (nSPS) is 15.7. The molecule has 25 heavy (non-hydrogen) atoms. The fraction of sp³-hybridized carbons (Fsp3) is 0.227. The van der Waals surface area contributed by atoms with Gasteiger partial charge in [0.15, 0.2) is 0 Å². The highest BCUT2D eigenvalue weighted by Gasteiger charge is 2.27. The van der Waals surface area contributed by atoms with Crippen LogP contribution in [0.15, 0.2) is 66.4 Å². The summed E-state index contributed by atoms with van der Waals surface area (Å²) in [4.78, 5) is 16.7. The molecule has 0 bridgehead atoms. The minimum Gasteiger partial charge on any atom is -0.378 e. The third kappa shape index (κ3) is 3.50. The van der Waals surface area contributed by atoms with E-state index in [9.17, 15) is 4.79 Å². The molecule has 3 rings (SSSR count). The van der Waals surface area contributed by atoms with Gasteiger partial charge in [-0.2, -0.15) is 0 Å². The van der Waals surface area contributed by atoms with Crippen LogP contribution in [-0.4, -0.2) is 31.4 Å². The van der Waals surface area contributed by atoms with Crippen molar-refractivity contribution in [2.24, 2.45) is 0 Å². The maximum atomic E-state index is 12.8. The molecule has 1 aliphatic heterocycles. The first-order chi connectivity index (χ1) is 12.0. The molecule has 3 nitrogen and oxygen atoms in total. The van der Waals surface area contributed by atoms with Crippen LogP contribution in [0.2, 0.25) is 0 Å². The topological polar surface area (TPSA) is 23.6 Å². The smallest absolute Gasteiger partial charge is 0.258 e. The Labute approximate surface area is 149 Å². The number of likely N-dealkylation sites (tertiary alicyclic amines) is 1. The van der Waals surface area contributed by atoms with E-state index >= 15 is 0 Å². The summed E-state index contributed by atoms with van der Waals surface area (Å²) in [6.07, 6.45) is 2.97. The van der Waals surface area contributed by atoms with Gasteiger partial charge >= 0.3 is 0 Å². The van der Waals surface area contributed by atoms with Crippen molar-refractivity contribution in [2.45, 2.75) is 13.3 Å². The number of anilines is 1. The molecule has 0 radical (unpaired) electrons. The molecule has 2 aromatic carbocycles. The van der Waals surface area contributed by atoms with Crippen LogP contribution in [0.25, 0.3) is 6.08 Å². The van der Waals surface area contributed by atoms with Gasteiger partial charge in [0.2, 0.25) is 0 Å². The third-order valence-corrected chi connectivity index (χ3v) is 4.67. The van der Waals surface area contributed by atoms with Crippen molar-refractivity contribution in [3.8, 4) is 0 Å². The van der Waals surface area contributed by atoms with Gasteiger partial charge in [-0.3, -0.25) is 4.79 Å². The maximum Gasteiger partial charge on any atom is 0.258 e. The molecular weight excluding hydrogens is 308 g/mol. The van der Waals surface area contributed by atoms with Crippen molar-refractivity contribution >= 4 is 17.7 Å². The first-order valence-corrected chi connectivity index (χ1v) is 8.52. The van der Waals surface area contributed by atoms with Crippen LogP contribution in [0, 0.1) is 6.92 Å². The Morgan fingerprint density at radius 1 is 1.12 bits per heavy atom. The highest BCUT2D eigenvalue weighted by Crippen LogP contribution is 2.30. The summed E-state index contributed by atoms with van der Waals surface area (Å²) < 4.78 is 0. The lowest BCUT2D eigenvalue weighted by Gasteiger charge is -2.18. The summed E-state index contributed by atoms with van der Waals surface area (Å²) in [5, 5.41) is 0. The van der Waals surface area contributed by atoms with E-state index in [1.54, 1.807) is 4.90 Å². The molecule has 3 heteroatoms. The average Bonchev–Trinajstić information content (AvgIpc) is 2.96. The number of nitrogens with zero attached hydrogens (tertiary/aromatic N) is 2. The lowest BCUT2D eigenvalue weighted by molar-refractivity contribution is 0.0826. The molecular formula is C22H24N2O. The Hall–Kier alpha value is -2.81. The van der Waals surface area contributed by atoms with Crippen LogP contribution in [0.4, 0.5) is 5.69 Å². The average molecular weight is 332 g/mol. The van der Waals surface area contributed by atoms with Crippen LogP contribution >= 0.6 is 0 Å². The quantitative estimate of drug-likeness (QED) is 0.826. The van der Waals surface area contributed by atoms with Gasteiger partial charge in [0.25, 0.3) is 5.91 Å². The molecule has 0 aliphatic carbocycles. The number of amides is 1. The molecule has 2 aromatic rings. The van der Waals surface area contributed by atoms with Gasteiger partial charge in [-0.1, -0.05) is 36.9 Å². The third-order valence-electron chi connectivity index (χ3n) is 4.67. The molecule has 1 aliphatic rings. The van der Waals surface area contributed by atoms with Crippen LogP contribution < -0.4 is 4.90 Å². The predicted molar refractivity (Wildman–Crippen MR) is 105 cm³/mol. The van der Waals surface area contributed by atoms with Gasteiger partial charge in [0.05, 0.1) is 0 Å². The van der Waals surface area contributed by atoms with Crippen molar-refractivity contribution in [2.75, 3.05) is 25.5 Å². The zero-order valence-electron chi connectivity index (χ0n) is 15.1. The van der Waals surface area contributed by atoms with Crippen LogP contribution in [0.5, 0.6) is 0 Å². The summed E-state index contributed by atoms with van der Waals surface area (Å²) in [5.74, 6) is 0.0365. The zero-order valence-corrected chi connectivity index (χ0v) is 15.1. The van der Waals surface area contributed by atoms with Crippen LogP contribution in [0.3, 0.4) is 0 Å². The van der Waals surface area contributed by atoms with E-state index in [0.29, 0.717) is 6.54 Å². The molecule has 0 spiro atoms. The first kappa shape index (κ1) is 17.0. The number of rotatable bonds is 3. The largest absolute Gasteiger partial charge is 0.378 e. The molecule has 0 atom stereocenters. The summed E-state index contributed by atoms with van der Waals surface area (Å²) in [6.45, 7) is 6.82. The van der Waals surface area contributed by atoms with Gasteiger partial charge in [-0.05, 0) is 54.3 Å². The Kier molecular flexibility index (Phi) is 4.75. The first-order valence-electron chi connectivity index (χ1n) is 8.52. The van der Waals surface area contributed by atoms with E-state index in [-0.39, 0.29) is 5.91 Å². The van der Waals surface area contributed by atoms with Crippen molar-refractivity contribution < 1.29 is 4.79 Å². The summed E-state index contributed by atoms with van der Waals surface area (Å²) in [6, 6.07) is 16.1. The van der Waals surface area contributed by atoms with Gasteiger partial charge in [0.1, 0.15) is 0 Å². The lowest BCUT2D eigenvalue weighted by Crippen LogP contribution is -2.26. The van der Waals surface area contributed by atoms with Crippen LogP contribution in [-0.2, 0) is 0 Å². The monoisotopic (exact) mass is 332 g/mol. The number of hydrogen-bond acceptors (Lipinski definition) is 2. The Balaban J connectivity index is 1.79. The van der Waals surface area contributed by atoms with E-state index in [0.717, 1.165) is 34.4 Å². The molecule has 0 aromatic heterocycles. The van der Waals surface area contributed by atoms with E-state index in [1.165, 1.54) is 5.69 Å². The molecule has 128 valence electrons. The molecule has 0 N–H and O–H groups in total. The number of hydrogen-bond donors (Lipinski definition) is 0. The second kappa shape index (κ2) is 6.98. The van der Waals surface area contributed by atoms with Gasteiger partial charge in [0, 0.05) is 37.6 Å². The van der Waals surface area contributed by atoms with Gasteiger partial charge in [-0.25, -0.2) is 0 Å². The van der Waals surface area contributed by atoms with Gasteiger partial charge < -0.3 is 9.80 Å². The van der Waals surface area contributed by atoms with Crippen LogP contribution in [0.1, 0.15) is 27.9 Å². The molecule has 1 fully saturated rings. The minimum absolute atomic E-state index is 0.0365. The molecule has 0 saturated carbocycles. The number of carbonyl (C=O) groups excluding carboxylic acids is 1. The fourth-order valence-corrected chi connectivity index (χ4v) is 3.09. The number of aryl methyl sites for hydroxylation is 1. The number of benzene rings is 2. The Bertz CT molecular complexity index is 831. The second-order valence-electron chi connectivity index (χ2n) is 6.62. The molecule has 1 amide bonds. The maximum absolute atomic E-state index is 12.8. The zero-order chi connectivity index (χ0) is 18.0. The van der Waals surface area contributed by atoms with E-state index in [4.69, 9.17) is 0 Å². The standard InChI is InChI=1S/C22H24N2O/c1-16-7-5-6-8-21(16)22(25)24-14-13-19(17(24)2)15-18-9-11-20(12-10-18)23(3)4/h5-12,15H,2,13-14H2,1,3-4H3/b19-15+. The fourth-order valence-electron chi connectivity index (χ4n) is 3.09. The number of carbonyl (C=O) groups is 1. The Morgan fingerprint density at radius 2 is 1.80 bits per heavy atom. The molecule has 1 saturated heterocycles. The summed E-state index contributed by atoms with van der Waals surface area (Å²) in [7, 11) is 4.06. The summed E-state index contributed by atoms with van der Waals surface area (Å²) >= 11 is 0. The minimum atomic E-state index is 0.0365. The lowest BCUT2D eigenvalue weighted by atomic mass is 10.1. The van der Waals surface area contributed by atoms with Crippen molar-refractivity contribution in [3.05, 3.63) is 83.1 Å². The second-order valence-corrected chi connectivity index (χ2v) is 6.62. The van der Waals surface area contributed by atoms with E-state index in [2.05, 4.69) is 41.8 Å². The summed E-state index contributed by atoms with van der Waals surface area (Å²) in [5.41, 5.74) is 5.98. The highest BCUT2D eigenvalue weighted by atomic mass is 16.2. The highest BCUT2D eigenvalue weighted by molar-refractivity contribution is 5.97. The molecule has 0 unspecified atom stereocenters. The SMILES string of the molecule is C=C1/C(=C/c2ccc(N(C)C)cc2)CCN1C(=O)c1ccccc1C. The molecule has 1 heterocycles.